The number of thiocarbonyl (C=S) groups is 1. The molecule has 0 bridgehead atoms. The number of hydrazine groups is 1. The second kappa shape index (κ2) is 7.62. The highest BCUT2D eigenvalue weighted by Gasteiger charge is 2.00. The fraction of sp³-hybridized carbons (Fsp3) is 0.333. The Morgan fingerprint density at radius 1 is 1.18 bits per heavy atom. The number of amides is 1. The van der Waals surface area contributed by atoms with Crippen molar-refractivity contribution in [3.05, 3.63) is 35.9 Å². The molecular formula is C12H17N3OS. The van der Waals surface area contributed by atoms with E-state index in [1.807, 2.05) is 18.2 Å². The lowest BCUT2D eigenvalue weighted by Gasteiger charge is -2.06. The van der Waals surface area contributed by atoms with Crippen LogP contribution in [0.1, 0.15) is 24.8 Å². The molecule has 0 aliphatic rings. The molecule has 1 aromatic carbocycles. The predicted octanol–water partition coefficient (Wildman–Crippen LogP) is 1.26. The summed E-state index contributed by atoms with van der Waals surface area (Å²) >= 11 is 4.57. The average Bonchev–Trinajstić information content (AvgIpc) is 2.33. The van der Waals surface area contributed by atoms with Crippen molar-refractivity contribution in [1.29, 1.82) is 0 Å². The highest BCUT2D eigenvalue weighted by atomic mass is 32.1. The minimum absolute atomic E-state index is 0.0719. The van der Waals surface area contributed by atoms with Gasteiger partial charge in [0.25, 0.3) is 0 Å². The van der Waals surface area contributed by atoms with Gasteiger partial charge >= 0.3 is 0 Å². The first-order valence-electron chi connectivity index (χ1n) is 5.56. The first-order chi connectivity index (χ1) is 8.18. The maximum absolute atomic E-state index is 11.3. The summed E-state index contributed by atoms with van der Waals surface area (Å²) < 4.78 is 0. The molecular weight excluding hydrogens is 234 g/mol. The number of rotatable bonds is 5. The molecule has 1 aromatic rings. The van der Waals surface area contributed by atoms with E-state index in [1.165, 1.54) is 5.56 Å². The van der Waals surface area contributed by atoms with Gasteiger partial charge in [0.05, 0.1) is 0 Å². The number of carbonyl (C=O) groups excluding carboxylic acids is 1. The number of nitrogens with two attached hydrogens (primary N) is 1. The van der Waals surface area contributed by atoms with Gasteiger partial charge in [0.15, 0.2) is 5.11 Å². The van der Waals surface area contributed by atoms with Crippen LogP contribution in [0.4, 0.5) is 0 Å². The highest BCUT2D eigenvalue weighted by molar-refractivity contribution is 7.80. The number of hydrogen-bond donors (Lipinski definition) is 3. The van der Waals surface area contributed by atoms with E-state index in [1.54, 1.807) is 0 Å². The number of aryl methyl sites for hydroxylation is 1. The summed E-state index contributed by atoms with van der Waals surface area (Å²) in [5, 5.41) is 0.0719. The van der Waals surface area contributed by atoms with E-state index in [4.69, 9.17) is 5.73 Å². The van der Waals surface area contributed by atoms with Crippen LogP contribution in [0.2, 0.25) is 0 Å². The Morgan fingerprint density at radius 2 is 1.88 bits per heavy atom. The molecule has 0 spiro atoms. The average molecular weight is 251 g/mol. The van der Waals surface area contributed by atoms with Crippen molar-refractivity contribution in [3.63, 3.8) is 0 Å². The molecule has 0 fully saturated rings. The summed E-state index contributed by atoms with van der Waals surface area (Å²) in [7, 11) is 0. The van der Waals surface area contributed by atoms with Gasteiger partial charge in [-0.1, -0.05) is 30.3 Å². The van der Waals surface area contributed by atoms with Gasteiger partial charge < -0.3 is 5.73 Å². The number of unbranched alkanes of at least 4 members (excludes halogenated alkanes) is 1. The third-order valence-corrected chi connectivity index (χ3v) is 2.39. The van der Waals surface area contributed by atoms with Gasteiger partial charge in [-0.15, -0.1) is 0 Å². The fourth-order valence-electron chi connectivity index (χ4n) is 1.45. The van der Waals surface area contributed by atoms with E-state index in [0.29, 0.717) is 6.42 Å². The number of carbonyl (C=O) groups is 1. The standard InChI is InChI=1S/C12H17N3OS/c13-12(17)15-14-11(16)9-5-4-8-10-6-2-1-3-7-10/h1-3,6-7H,4-5,8-9H2,(H,14,16)(H3,13,15,17). The zero-order valence-electron chi connectivity index (χ0n) is 9.61. The minimum Gasteiger partial charge on any atom is -0.375 e. The van der Waals surface area contributed by atoms with Crippen LogP contribution in [0.3, 0.4) is 0 Å². The molecule has 0 aliphatic heterocycles. The molecule has 0 unspecified atom stereocenters. The summed E-state index contributed by atoms with van der Waals surface area (Å²) in [6.07, 6.45) is 3.31. The third kappa shape index (κ3) is 6.52. The SMILES string of the molecule is NC(=S)NNC(=O)CCCCc1ccccc1. The van der Waals surface area contributed by atoms with E-state index in [0.717, 1.165) is 19.3 Å². The molecule has 0 radical (unpaired) electrons. The summed E-state index contributed by atoms with van der Waals surface area (Å²) in [6, 6.07) is 10.2. The predicted molar refractivity (Wildman–Crippen MR) is 72.1 cm³/mol. The second-order valence-corrected chi connectivity index (χ2v) is 4.17. The molecule has 1 amide bonds. The monoisotopic (exact) mass is 251 g/mol. The Labute approximate surface area is 107 Å². The highest BCUT2D eigenvalue weighted by Crippen LogP contribution is 2.05. The first-order valence-corrected chi connectivity index (χ1v) is 5.97. The number of hydrogen-bond acceptors (Lipinski definition) is 2. The van der Waals surface area contributed by atoms with Crippen LogP contribution in [-0.4, -0.2) is 11.0 Å². The molecule has 0 saturated heterocycles. The number of nitrogens with one attached hydrogen (secondary N) is 2. The van der Waals surface area contributed by atoms with Crippen molar-refractivity contribution in [1.82, 2.24) is 10.9 Å². The van der Waals surface area contributed by atoms with Crippen LogP contribution < -0.4 is 16.6 Å². The van der Waals surface area contributed by atoms with Crippen molar-refractivity contribution in [2.24, 2.45) is 5.73 Å². The lowest BCUT2D eigenvalue weighted by molar-refractivity contribution is -0.121. The summed E-state index contributed by atoms with van der Waals surface area (Å²) in [4.78, 5) is 11.3. The van der Waals surface area contributed by atoms with Crippen molar-refractivity contribution in [2.45, 2.75) is 25.7 Å². The van der Waals surface area contributed by atoms with Gasteiger partial charge in [-0.2, -0.15) is 0 Å². The van der Waals surface area contributed by atoms with Gasteiger partial charge in [0.1, 0.15) is 0 Å². The van der Waals surface area contributed by atoms with Crippen LogP contribution in [-0.2, 0) is 11.2 Å². The topological polar surface area (TPSA) is 67.2 Å². The zero-order valence-corrected chi connectivity index (χ0v) is 10.4. The molecule has 0 heterocycles. The Morgan fingerprint density at radius 3 is 2.53 bits per heavy atom. The summed E-state index contributed by atoms with van der Waals surface area (Å²) in [6.45, 7) is 0. The maximum atomic E-state index is 11.3. The Balaban J connectivity index is 2.08. The largest absolute Gasteiger partial charge is 0.375 e. The third-order valence-electron chi connectivity index (χ3n) is 2.29. The zero-order chi connectivity index (χ0) is 12.5. The molecule has 1 rings (SSSR count). The van der Waals surface area contributed by atoms with Crippen LogP contribution in [0, 0.1) is 0 Å². The second-order valence-electron chi connectivity index (χ2n) is 3.73. The van der Waals surface area contributed by atoms with Gasteiger partial charge in [-0.3, -0.25) is 15.6 Å². The van der Waals surface area contributed by atoms with E-state index in [-0.39, 0.29) is 11.0 Å². The minimum atomic E-state index is -0.0918. The molecule has 17 heavy (non-hydrogen) atoms. The van der Waals surface area contributed by atoms with Gasteiger partial charge in [0.2, 0.25) is 5.91 Å². The van der Waals surface area contributed by atoms with Crippen molar-refractivity contribution in [3.8, 4) is 0 Å². The van der Waals surface area contributed by atoms with Crippen LogP contribution in [0.15, 0.2) is 30.3 Å². The van der Waals surface area contributed by atoms with Crippen molar-refractivity contribution >= 4 is 23.2 Å². The lowest BCUT2D eigenvalue weighted by Crippen LogP contribution is -2.44. The molecule has 0 atom stereocenters. The van der Waals surface area contributed by atoms with Crippen LogP contribution in [0.5, 0.6) is 0 Å². The molecule has 0 aliphatic carbocycles. The van der Waals surface area contributed by atoms with E-state index in [2.05, 4.69) is 35.2 Å². The van der Waals surface area contributed by atoms with E-state index in [9.17, 15) is 4.79 Å². The van der Waals surface area contributed by atoms with Gasteiger partial charge in [0, 0.05) is 6.42 Å². The van der Waals surface area contributed by atoms with Crippen molar-refractivity contribution < 1.29 is 4.79 Å². The Kier molecular flexibility index (Phi) is 6.03. The molecule has 4 nitrogen and oxygen atoms in total. The number of benzene rings is 1. The summed E-state index contributed by atoms with van der Waals surface area (Å²) in [5.74, 6) is -0.0918. The van der Waals surface area contributed by atoms with E-state index >= 15 is 0 Å². The maximum Gasteiger partial charge on any atom is 0.238 e. The molecule has 92 valence electrons. The molecule has 0 saturated carbocycles. The Hall–Kier alpha value is -1.62. The first kappa shape index (κ1) is 13.4. The Bertz CT molecular complexity index is 367. The van der Waals surface area contributed by atoms with Crippen molar-refractivity contribution in [2.75, 3.05) is 0 Å². The van der Waals surface area contributed by atoms with Gasteiger partial charge in [-0.05, 0) is 37.0 Å². The fourth-order valence-corrected chi connectivity index (χ4v) is 1.50. The molecule has 0 aromatic heterocycles. The molecule has 5 heteroatoms. The normalized spacial score (nSPS) is 9.65. The van der Waals surface area contributed by atoms with Crippen LogP contribution >= 0.6 is 12.2 Å². The van der Waals surface area contributed by atoms with Gasteiger partial charge in [-0.25, -0.2) is 0 Å². The quantitative estimate of drug-likeness (QED) is 0.419. The van der Waals surface area contributed by atoms with E-state index < -0.39 is 0 Å². The summed E-state index contributed by atoms with van der Waals surface area (Å²) in [5.41, 5.74) is 11.3. The van der Waals surface area contributed by atoms with Crippen LogP contribution in [0.25, 0.3) is 0 Å². The lowest BCUT2D eigenvalue weighted by atomic mass is 10.1. The molecule has 4 N–H and O–H groups in total. The smallest absolute Gasteiger partial charge is 0.238 e.